The SMILES string of the molecule is CCN1CCC(CNC(=O)c2c(-c3c(F)cccc3Cl)noc2C)CC1. The molecule has 0 bridgehead atoms. The normalized spacial score (nSPS) is 16.0. The molecule has 140 valence electrons. The molecule has 1 amide bonds. The number of hydrogen-bond donors (Lipinski definition) is 1. The second-order valence-corrected chi connectivity index (χ2v) is 7.05. The van der Waals surface area contributed by atoms with Crippen molar-refractivity contribution in [2.75, 3.05) is 26.2 Å². The van der Waals surface area contributed by atoms with Crippen molar-refractivity contribution in [3.8, 4) is 11.3 Å². The number of carbonyl (C=O) groups excluding carboxylic acids is 1. The number of aryl methyl sites for hydroxylation is 1. The van der Waals surface area contributed by atoms with Gasteiger partial charge in [-0.2, -0.15) is 0 Å². The minimum atomic E-state index is -0.535. The number of benzene rings is 1. The van der Waals surface area contributed by atoms with Crippen LogP contribution in [0.3, 0.4) is 0 Å². The summed E-state index contributed by atoms with van der Waals surface area (Å²) >= 11 is 6.12. The molecule has 2 aromatic rings. The molecule has 0 aliphatic carbocycles. The van der Waals surface area contributed by atoms with Crippen LogP contribution >= 0.6 is 11.6 Å². The van der Waals surface area contributed by atoms with Gasteiger partial charge in [0.1, 0.15) is 22.8 Å². The topological polar surface area (TPSA) is 58.4 Å². The van der Waals surface area contributed by atoms with Crippen LogP contribution in [0.1, 0.15) is 35.9 Å². The summed E-state index contributed by atoms with van der Waals surface area (Å²) in [4.78, 5) is 15.1. The standard InChI is InChI=1S/C19H23ClFN3O2/c1-3-24-9-7-13(8-10-24)11-22-19(25)16-12(2)26-23-18(16)17-14(20)5-4-6-15(17)21/h4-6,13H,3,7-11H2,1-2H3,(H,22,25). The summed E-state index contributed by atoms with van der Waals surface area (Å²) in [5.41, 5.74) is 0.472. The van der Waals surface area contributed by atoms with Gasteiger partial charge in [-0.05, 0) is 57.5 Å². The van der Waals surface area contributed by atoms with E-state index in [4.69, 9.17) is 16.1 Å². The summed E-state index contributed by atoms with van der Waals surface area (Å²) in [6, 6.07) is 4.36. The molecular weight excluding hydrogens is 357 g/mol. The molecular formula is C19H23ClFN3O2. The lowest BCUT2D eigenvalue weighted by Gasteiger charge is -2.31. The van der Waals surface area contributed by atoms with Gasteiger partial charge in [-0.1, -0.05) is 29.7 Å². The van der Waals surface area contributed by atoms with Crippen LogP contribution in [0.2, 0.25) is 5.02 Å². The minimum absolute atomic E-state index is 0.0902. The summed E-state index contributed by atoms with van der Waals surface area (Å²) < 4.78 is 19.4. The number of likely N-dealkylation sites (tertiary alicyclic amines) is 1. The molecule has 0 radical (unpaired) electrons. The van der Waals surface area contributed by atoms with Crippen molar-refractivity contribution in [2.45, 2.75) is 26.7 Å². The van der Waals surface area contributed by atoms with E-state index in [2.05, 4.69) is 22.3 Å². The molecule has 2 heterocycles. The number of amides is 1. The largest absolute Gasteiger partial charge is 0.360 e. The van der Waals surface area contributed by atoms with Crippen LogP contribution in [0.5, 0.6) is 0 Å². The van der Waals surface area contributed by atoms with E-state index in [1.54, 1.807) is 13.0 Å². The van der Waals surface area contributed by atoms with Gasteiger partial charge in [0.05, 0.1) is 10.6 Å². The maximum atomic E-state index is 14.2. The summed E-state index contributed by atoms with van der Waals surface area (Å²) in [6.07, 6.45) is 2.12. The van der Waals surface area contributed by atoms with Crippen molar-refractivity contribution >= 4 is 17.5 Å². The average Bonchev–Trinajstić information content (AvgIpc) is 3.01. The summed E-state index contributed by atoms with van der Waals surface area (Å²) in [5.74, 6) is -0.0529. The lowest BCUT2D eigenvalue weighted by molar-refractivity contribution is 0.0936. The highest BCUT2D eigenvalue weighted by molar-refractivity contribution is 6.33. The average molecular weight is 380 g/mol. The van der Waals surface area contributed by atoms with E-state index in [1.165, 1.54) is 12.1 Å². The van der Waals surface area contributed by atoms with Crippen molar-refractivity contribution in [3.63, 3.8) is 0 Å². The molecule has 0 saturated carbocycles. The Morgan fingerprint density at radius 1 is 1.42 bits per heavy atom. The van der Waals surface area contributed by atoms with Crippen molar-refractivity contribution < 1.29 is 13.7 Å². The Morgan fingerprint density at radius 3 is 2.81 bits per heavy atom. The van der Waals surface area contributed by atoms with Crippen molar-refractivity contribution in [1.82, 2.24) is 15.4 Å². The predicted octanol–water partition coefficient (Wildman–Crippen LogP) is 3.90. The Labute approximate surface area is 157 Å². The highest BCUT2D eigenvalue weighted by Crippen LogP contribution is 2.33. The first kappa shape index (κ1) is 18.9. The number of rotatable bonds is 5. The molecule has 26 heavy (non-hydrogen) atoms. The molecule has 0 spiro atoms. The third-order valence-corrected chi connectivity index (χ3v) is 5.31. The molecule has 0 unspecified atom stereocenters. The molecule has 3 rings (SSSR count). The number of aromatic nitrogens is 1. The third-order valence-electron chi connectivity index (χ3n) is 5.00. The lowest BCUT2D eigenvalue weighted by Crippen LogP contribution is -2.38. The van der Waals surface area contributed by atoms with Gasteiger partial charge < -0.3 is 14.7 Å². The number of nitrogens with one attached hydrogen (secondary N) is 1. The fraction of sp³-hybridized carbons (Fsp3) is 0.474. The summed E-state index contributed by atoms with van der Waals surface area (Å²) in [7, 11) is 0. The molecule has 1 N–H and O–H groups in total. The number of carbonyl (C=O) groups is 1. The zero-order valence-corrected chi connectivity index (χ0v) is 15.8. The van der Waals surface area contributed by atoms with Gasteiger partial charge >= 0.3 is 0 Å². The molecule has 1 aromatic carbocycles. The fourth-order valence-corrected chi connectivity index (χ4v) is 3.62. The fourth-order valence-electron chi connectivity index (χ4n) is 3.37. The van der Waals surface area contributed by atoms with E-state index in [1.807, 2.05) is 0 Å². The molecule has 7 heteroatoms. The Hall–Kier alpha value is -1.92. The number of halogens is 2. The first-order valence-corrected chi connectivity index (χ1v) is 9.30. The second kappa shape index (κ2) is 8.18. The van der Waals surface area contributed by atoms with E-state index in [-0.39, 0.29) is 27.8 Å². The first-order chi connectivity index (χ1) is 12.5. The molecule has 5 nitrogen and oxygen atoms in total. The van der Waals surface area contributed by atoms with Crippen LogP contribution in [0.15, 0.2) is 22.7 Å². The van der Waals surface area contributed by atoms with E-state index >= 15 is 0 Å². The first-order valence-electron chi connectivity index (χ1n) is 8.92. The smallest absolute Gasteiger partial charge is 0.257 e. The third kappa shape index (κ3) is 3.91. The maximum absolute atomic E-state index is 14.2. The van der Waals surface area contributed by atoms with Gasteiger partial charge in [-0.15, -0.1) is 0 Å². The Kier molecular flexibility index (Phi) is 5.94. The van der Waals surface area contributed by atoms with E-state index in [0.717, 1.165) is 32.5 Å². The van der Waals surface area contributed by atoms with Crippen LogP contribution in [-0.4, -0.2) is 42.1 Å². The number of nitrogens with zero attached hydrogens (tertiary/aromatic N) is 2. The van der Waals surface area contributed by atoms with Crippen LogP contribution < -0.4 is 5.32 Å². The van der Waals surface area contributed by atoms with Gasteiger partial charge in [-0.25, -0.2) is 4.39 Å². The molecule has 1 aliphatic rings. The van der Waals surface area contributed by atoms with Gasteiger partial charge in [0, 0.05) is 6.54 Å². The van der Waals surface area contributed by atoms with E-state index in [9.17, 15) is 9.18 Å². The molecule has 1 aliphatic heterocycles. The zero-order chi connectivity index (χ0) is 18.7. The van der Waals surface area contributed by atoms with Crippen molar-refractivity contribution in [2.24, 2.45) is 5.92 Å². The van der Waals surface area contributed by atoms with Crippen molar-refractivity contribution in [1.29, 1.82) is 0 Å². The number of hydrogen-bond acceptors (Lipinski definition) is 4. The summed E-state index contributed by atoms with van der Waals surface area (Å²) in [5, 5.41) is 7.03. The Balaban J connectivity index is 1.74. The van der Waals surface area contributed by atoms with Crippen LogP contribution in [0.25, 0.3) is 11.3 Å². The van der Waals surface area contributed by atoms with Crippen LogP contribution in [-0.2, 0) is 0 Å². The Bertz CT molecular complexity index is 765. The summed E-state index contributed by atoms with van der Waals surface area (Å²) in [6.45, 7) is 7.56. The number of piperidine rings is 1. The van der Waals surface area contributed by atoms with Gasteiger partial charge in [0.15, 0.2) is 0 Å². The van der Waals surface area contributed by atoms with E-state index < -0.39 is 5.82 Å². The quantitative estimate of drug-likeness (QED) is 0.855. The maximum Gasteiger partial charge on any atom is 0.257 e. The van der Waals surface area contributed by atoms with Gasteiger partial charge in [0.25, 0.3) is 5.91 Å². The molecule has 0 atom stereocenters. The predicted molar refractivity (Wildman–Crippen MR) is 98.8 cm³/mol. The highest BCUT2D eigenvalue weighted by atomic mass is 35.5. The second-order valence-electron chi connectivity index (χ2n) is 6.65. The molecule has 1 fully saturated rings. The van der Waals surface area contributed by atoms with Gasteiger partial charge in [0.2, 0.25) is 0 Å². The zero-order valence-electron chi connectivity index (χ0n) is 15.0. The van der Waals surface area contributed by atoms with Gasteiger partial charge in [-0.3, -0.25) is 4.79 Å². The lowest BCUT2D eigenvalue weighted by atomic mass is 9.96. The molecule has 1 saturated heterocycles. The highest BCUT2D eigenvalue weighted by Gasteiger charge is 2.26. The Morgan fingerprint density at radius 2 is 2.15 bits per heavy atom. The van der Waals surface area contributed by atoms with Crippen LogP contribution in [0, 0.1) is 18.7 Å². The van der Waals surface area contributed by atoms with Crippen molar-refractivity contribution in [3.05, 3.63) is 40.4 Å². The molecule has 1 aromatic heterocycles. The minimum Gasteiger partial charge on any atom is -0.360 e. The van der Waals surface area contributed by atoms with Crippen LogP contribution in [0.4, 0.5) is 4.39 Å². The van der Waals surface area contributed by atoms with E-state index in [0.29, 0.717) is 18.2 Å². The monoisotopic (exact) mass is 379 g/mol.